The molecule has 3 aliphatic rings. The molecule has 14 aromatic carbocycles. The Morgan fingerprint density at radius 3 is 1.38 bits per heavy atom. The highest BCUT2D eigenvalue weighted by Crippen LogP contribution is 2.52. The van der Waals surface area contributed by atoms with Crippen molar-refractivity contribution in [2.24, 2.45) is 9.98 Å². The van der Waals surface area contributed by atoms with Crippen LogP contribution in [0.25, 0.3) is 122 Å². The highest BCUT2D eigenvalue weighted by atomic mass is 15.2. The van der Waals surface area contributed by atoms with Gasteiger partial charge in [-0.3, -0.25) is 0 Å². The number of nitrogens with zero attached hydrogens (tertiary/aromatic N) is 5. The summed E-state index contributed by atoms with van der Waals surface area (Å²) in [5.41, 5.74) is 24.6. The van der Waals surface area contributed by atoms with E-state index in [2.05, 4.69) is 345 Å². The quantitative estimate of drug-likeness (QED) is 0.124. The third-order valence-electron chi connectivity index (χ3n) is 23.3. The first kappa shape index (κ1) is 65.1. The predicted molar refractivity (Wildman–Crippen MR) is 438 cm³/mol. The van der Waals surface area contributed by atoms with E-state index in [0.717, 1.165) is 74.3 Å². The SMILES string of the molecule is CC1(C)CCC(C)(C)c2cc(-c3cccc(C4N=C(c5ccc(-c6ccccc6)cc5)N=C(c5ccc(-c6ccc7cc(C8(C)CCC(C)(C)c9cc(-c%10cccc(-c%11nc(-c%12ccccc%12)nc(-c%12ccc(-c%13ccc%14ccc%15ccccc%15c%14c%13)cc%12)n%11)c%10)ccc98)ccc7c6)cc5)N4)c3)ccc21. The molecule has 2 aliphatic carbocycles. The van der Waals surface area contributed by atoms with Gasteiger partial charge in [0.15, 0.2) is 23.3 Å². The monoisotopic (exact) mass is 1350 g/mol. The van der Waals surface area contributed by atoms with Crippen LogP contribution in [0.4, 0.5) is 0 Å². The molecule has 2 atom stereocenters. The summed E-state index contributed by atoms with van der Waals surface area (Å²) in [6.45, 7) is 16.9. The molecule has 508 valence electrons. The van der Waals surface area contributed by atoms with Crippen LogP contribution >= 0.6 is 0 Å². The molecular weight excluding hydrogens is 1270 g/mol. The summed E-state index contributed by atoms with van der Waals surface area (Å²) in [6, 6.07) is 113. The van der Waals surface area contributed by atoms with E-state index in [-0.39, 0.29) is 27.8 Å². The van der Waals surface area contributed by atoms with Crippen LogP contribution in [-0.4, -0.2) is 26.6 Å². The second-order valence-corrected chi connectivity index (χ2v) is 31.4. The fraction of sp³-hybridized carbons (Fsp3) is 0.162. The maximum absolute atomic E-state index is 5.37. The summed E-state index contributed by atoms with van der Waals surface area (Å²) in [4.78, 5) is 26.2. The molecule has 2 unspecified atom stereocenters. The van der Waals surface area contributed by atoms with Crippen molar-refractivity contribution in [2.45, 2.75) is 102 Å². The Morgan fingerprint density at radius 1 is 0.276 bits per heavy atom. The van der Waals surface area contributed by atoms with E-state index in [1.807, 2.05) is 18.2 Å². The molecule has 6 nitrogen and oxygen atoms in total. The molecule has 0 spiro atoms. The van der Waals surface area contributed by atoms with Crippen LogP contribution in [0.15, 0.2) is 319 Å². The molecule has 0 fully saturated rings. The minimum Gasteiger partial charge on any atom is -0.344 e. The molecule has 0 amide bonds. The summed E-state index contributed by atoms with van der Waals surface area (Å²) < 4.78 is 0. The van der Waals surface area contributed by atoms with Gasteiger partial charge >= 0.3 is 0 Å². The maximum atomic E-state index is 5.37. The number of fused-ring (bicyclic) bond motifs is 6. The van der Waals surface area contributed by atoms with E-state index in [9.17, 15) is 0 Å². The largest absolute Gasteiger partial charge is 0.344 e. The lowest BCUT2D eigenvalue weighted by Crippen LogP contribution is -2.36. The zero-order valence-electron chi connectivity index (χ0n) is 60.6. The Morgan fingerprint density at radius 2 is 0.695 bits per heavy atom. The summed E-state index contributed by atoms with van der Waals surface area (Å²) >= 11 is 0. The Labute approximate surface area is 616 Å². The van der Waals surface area contributed by atoms with Gasteiger partial charge in [0.05, 0.1) is 0 Å². The summed E-state index contributed by atoms with van der Waals surface area (Å²) in [5.74, 6) is 3.39. The number of hydrogen-bond donors (Lipinski definition) is 1. The van der Waals surface area contributed by atoms with Gasteiger partial charge in [0, 0.05) is 33.2 Å². The fourth-order valence-electron chi connectivity index (χ4n) is 16.7. The van der Waals surface area contributed by atoms with Gasteiger partial charge in [0.25, 0.3) is 0 Å². The van der Waals surface area contributed by atoms with Crippen molar-refractivity contribution in [2.75, 3.05) is 0 Å². The van der Waals surface area contributed by atoms with E-state index in [1.54, 1.807) is 0 Å². The molecule has 1 aliphatic heterocycles. The number of hydrogen-bond acceptors (Lipinski definition) is 6. The smallest absolute Gasteiger partial charge is 0.164 e. The average molecular weight is 1360 g/mol. The van der Waals surface area contributed by atoms with Crippen molar-refractivity contribution < 1.29 is 0 Å². The highest BCUT2D eigenvalue weighted by molar-refractivity contribution is 6.13. The molecule has 0 saturated heterocycles. The molecule has 6 heteroatoms. The van der Waals surface area contributed by atoms with Crippen molar-refractivity contribution >= 4 is 44.0 Å². The van der Waals surface area contributed by atoms with E-state index in [1.165, 1.54) is 106 Å². The molecule has 15 aromatic rings. The second kappa shape index (κ2) is 25.8. The van der Waals surface area contributed by atoms with Gasteiger partial charge in [-0.15, -0.1) is 0 Å². The predicted octanol–water partition coefficient (Wildman–Crippen LogP) is 24.9. The first-order valence-electron chi connectivity index (χ1n) is 37.1. The molecule has 105 heavy (non-hydrogen) atoms. The molecular formula is C99H82N6. The lowest BCUT2D eigenvalue weighted by atomic mass is 9.59. The molecule has 1 N–H and O–H groups in total. The number of amidine groups is 2. The van der Waals surface area contributed by atoms with Crippen molar-refractivity contribution in [1.29, 1.82) is 0 Å². The minimum absolute atomic E-state index is 0.0354. The number of aliphatic imine (C=N–C) groups is 2. The van der Waals surface area contributed by atoms with Crippen LogP contribution in [-0.2, 0) is 21.7 Å². The Hall–Kier alpha value is -12.0. The van der Waals surface area contributed by atoms with Crippen LogP contribution in [0.5, 0.6) is 0 Å². The summed E-state index contributed by atoms with van der Waals surface area (Å²) in [5, 5.41) is 11.2. The van der Waals surface area contributed by atoms with Crippen LogP contribution in [0, 0.1) is 0 Å². The highest BCUT2D eigenvalue weighted by Gasteiger charge is 2.42. The Kier molecular flexibility index (Phi) is 16.0. The summed E-state index contributed by atoms with van der Waals surface area (Å²) in [6.07, 6.45) is 4.10. The van der Waals surface area contributed by atoms with E-state index in [0.29, 0.717) is 23.3 Å². The van der Waals surface area contributed by atoms with Gasteiger partial charge < -0.3 is 5.32 Å². The molecule has 1 aromatic heterocycles. The van der Waals surface area contributed by atoms with Gasteiger partial charge in [0.1, 0.15) is 12.0 Å². The van der Waals surface area contributed by atoms with Crippen LogP contribution in [0.3, 0.4) is 0 Å². The normalized spacial score (nSPS) is 17.1. The number of aromatic nitrogens is 3. The maximum Gasteiger partial charge on any atom is 0.164 e. The first-order valence-corrected chi connectivity index (χ1v) is 37.1. The number of rotatable bonds is 12. The molecule has 0 radical (unpaired) electrons. The van der Waals surface area contributed by atoms with Gasteiger partial charge in [-0.2, -0.15) is 0 Å². The van der Waals surface area contributed by atoms with Crippen LogP contribution in [0.1, 0.15) is 125 Å². The lowest BCUT2D eigenvalue weighted by molar-refractivity contribution is 0.332. The van der Waals surface area contributed by atoms with Gasteiger partial charge in [-0.1, -0.05) is 334 Å². The van der Waals surface area contributed by atoms with Crippen molar-refractivity contribution in [3.63, 3.8) is 0 Å². The first-order chi connectivity index (χ1) is 51.0. The zero-order valence-corrected chi connectivity index (χ0v) is 60.6. The van der Waals surface area contributed by atoms with E-state index < -0.39 is 0 Å². The topological polar surface area (TPSA) is 75.4 Å². The second-order valence-electron chi connectivity index (χ2n) is 31.4. The zero-order chi connectivity index (χ0) is 71.2. The van der Waals surface area contributed by atoms with Crippen molar-refractivity contribution in [3.05, 3.63) is 354 Å². The average Bonchev–Trinajstić information content (AvgIpc) is 0.734. The minimum atomic E-state index is -0.364. The fourth-order valence-corrected chi connectivity index (χ4v) is 16.7. The Bertz CT molecular complexity index is 5970. The molecule has 0 bridgehead atoms. The van der Waals surface area contributed by atoms with Crippen LogP contribution < -0.4 is 5.32 Å². The number of benzene rings is 14. The van der Waals surface area contributed by atoms with Crippen LogP contribution in [0.2, 0.25) is 0 Å². The van der Waals surface area contributed by atoms with Crippen molar-refractivity contribution in [1.82, 2.24) is 20.3 Å². The third kappa shape index (κ3) is 12.2. The van der Waals surface area contributed by atoms with Crippen molar-refractivity contribution in [3.8, 4) is 89.8 Å². The van der Waals surface area contributed by atoms with E-state index >= 15 is 0 Å². The third-order valence-corrected chi connectivity index (χ3v) is 23.3. The van der Waals surface area contributed by atoms with Gasteiger partial charge in [-0.05, 0) is 188 Å². The van der Waals surface area contributed by atoms with Gasteiger partial charge in [0.2, 0.25) is 0 Å². The standard InChI is InChI=1S/C99H82N6/c1-96(2)52-53-97(3,4)88-61-79(47-50-86(88)96)73-23-16-26-82(57-73)95-104-92(70-37-28-64(29-38-70)63-18-10-8-11-19-63)101-93(105-95)71-39-30-65(31-40-71)75-44-45-77-59-83(49-46-76(77)56-75)99(7)55-54-98(5,6)89-62-80(48-51-87(89)99)74-24-17-25-81(58-74)94-102-90(69-21-12-9-13-22-69)100-91(103-94)72-41-32-66(33-42-72)78-43-36-68-35-34-67-20-14-15-27-84(67)85(68)60-78/h8-51,56-62,95H,52-55H2,1-7H3,(H,101,104,105). The lowest BCUT2D eigenvalue weighted by Gasteiger charge is -2.44. The van der Waals surface area contributed by atoms with E-state index in [4.69, 9.17) is 24.9 Å². The number of nitrogens with one attached hydrogen (secondary N) is 1. The van der Waals surface area contributed by atoms with Gasteiger partial charge in [-0.25, -0.2) is 24.9 Å². The molecule has 2 heterocycles. The summed E-state index contributed by atoms with van der Waals surface area (Å²) in [7, 11) is 0. The molecule has 18 rings (SSSR count). The Balaban J connectivity index is 0.613. The molecule has 0 saturated carbocycles.